The average molecular weight is 319 g/mol. The van der Waals surface area contributed by atoms with E-state index in [1.165, 1.54) is 0 Å². The Balaban J connectivity index is 1.77. The maximum absolute atomic E-state index is 10.2. The maximum atomic E-state index is 10.2. The van der Waals surface area contributed by atoms with Gasteiger partial charge >= 0.3 is 0 Å². The second-order valence-corrected chi connectivity index (χ2v) is 6.49. The summed E-state index contributed by atoms with van der Waals surface area (Å²) in [5, 5.41) is 14.0. The Morgan fingerprint density at radius 1 is 1.39 bits per heavy atom. The molecule has 23 heavy (non-hydrogen) atoms. The molecule has 0 aromatic heterocycles. The van der Waals surface area contributed by atoms with Crippen molar-refractivity contribution in [2.75, 3.05) is 6.61 Å². The highest BCUT2D eigenvalue weighted by molar-refractivity contribution is 5.15. The van der Waals surface area contributed by atoms with Gasteiger partial charge in [0.15, 0.2) is 5.79 Å². The van der Waals surface area contributed by atoms with Crippen LogP contribution in [0, 0.1) is 0 Å². The van der Waals surface area contributed by atoms with E-state index in [2.05, 4.69) is 10.0 Å². The summed E-state index contributed by atoms with van der Waals surface area (Å²) in [6.07, 6.45) is -0.798. The van der Waals surface area contributed by atoms with Gasteiger partial charge in [0, 0.05) is 11.3 Å². The summed E-state index contributed by atoms with van der Waals surface area (Å²) in [6, 6.07) is 9.05. The fourth-order valence-electron chi connectivity index (χ4n) is 3.50. The minimum Gasteiger partial charge on any atom is -0.392 e. The van der Waals surface area contributed by atoms with Crippen molar-refractivity contribution in [2.24, 2.45) is 5.11 Å². The number of rotatable bonds is 5. The fourth-order valence-corrected chi connectivity index (χ4v) is 3.50. The van der Waals surface area contributed by atoms with Crippen LogP contribution in [-0.4, -0.2) is 41.4 Å². The zero-order valence-electron chi connectivity index (χ0n) is 13.3. The molecule has 2 fully saturated rings. The lowest BCUT2D eigenvalue weighted by atomic mass is 9.96. The lowest BCUT2D eigenvalue weighted by Gasteiger charge is -2.32. The smallest absolute Gasteiger partial charge is 0.164 e. The summed E-state index contributed by atoms with van der Waals surface area (Å²) in [7, 11) is 0. The second kappa shape index (κ2) is 6.11. The standard InChI is InChI=1S/C16H21N3O4/c1-15(2)22-13-8-12(20)14(18-19-17)16(13,23-15)10-21-9-11-6-4-3-5-7-11/h3-7,12-14,20H,8-10H2,1-2H3/t12-,13+,14+,16+/m1/s1. The van der Waals surface area contributed by atoms with E-state index in [1.54, 1.807) is 0 Å². The number of aliphatic hydroxyl groups excluding tert-OH is 1. The molecule has 0 amide bonds. The molecule has 1 aliphatic carbocycles. The molecule has 4 atom stereocenters. The minimum atomic E-state index is -0.954. The van der Waals surface area contributed by atoms with E-state index < -0.39 is 23.5 Å². The summed E-state index contributed by atoms with van der Waals surface area (Å²) in [5.74, 6) is -0.801. The van der Waals surface area contributed by atoms with Crippen molar-refractivity contribution in [1.82, 2.24) is 0 Å². The first kappa shape index (κ1) is 16.2. The number of hydrogen-bond acceptors (Lipinski definition) is 5. The minimum absolute atomic E-state index is 0.191. The van der Waals surface area contributed by atoms with Crippen LogP contribution in [0.15, 0.2) is 35.4 Å². The summed E-state index contributed by atoms with van der Waals surface area (Å²) >= 11 is 0. The number of fused-ring (bicyclic) bond motifs is 1. The number of hydrogen-bond donors (Lipinski definition) is 1. The first-order valence-corrected chi connectivity index (χ1v) is 7.69. The summed E-state index contributed by atoms with van der Waals surface area (Å²) in [4.78, 5) is 2.86. The SMILES string of the molecule is CC1(C)O[C@H]2C[C@@H](O)[C@H](N=[N+]=[N-])[C@@]2(COCc2ccccc2)O1. The van der Waals surface area contributed by atoms with Gasteiger partial charge in [0.1, 0.15) is 5.60 Å². The molecule has 1 N–H and O–H groups in total. The maximum Gasteiger partial charge on any atom is 0.164 e. The molecule has 1 saturated carbocycles. The Hall–Kier alpha value is -1.63. The van der Waals surface area contributed by atoms with Gasteiger partial charge in [-0.3, -0.25) is 0 Å². The number of aliphatic hydroxyl groups is 1. The van der Waals surface area contributed by atoms with Gasteiger partial charge in [0.2, 0.25) is 0 Å². The molecule has 7 heteroatoms. The quantitative estimate of drug-likeness (QED) is 0.512. The first-order valence-electron chi connectivity index (χ1n) is 7.69. The molecule has 3 rings (SSSR count). The fraction of sp³-hybridized carbons (Fsp3) is 0.625. The zero-order chi connectivity index (χ0) is 16.5. The molecule has 2 aliphatic rings. The molecular weight excluding hydrogens is 298 g/mol. The van der Waals surface area contributed by atoms with Crippen molar-refractivity contribution in [3.63, 3.8) is 0 Å². The Morgan fingerprint density at radius 2 is 2.13 bits per heavy atom. The van der Waals surface area contributed by atoms with Crippen molar-refractivity contribution < 1.29 is 19.3 Å². The van der Waals surface area contributed by atoms with Crippen molar-refractivity contribution >= 4 is 0 Å². The summed E-state index contributed by atoms with van der Waals surface area (Å²) in [5.41, 5.74) is 8.91. The van der Waals surface area contributed by atoms with Crippen LogP contribution < -0.4 is 0 Å². The third-order valence-corrected chi connectivity index (χ3v) is 4.34. The van der Waals surface area contributed by atoms with Crippen LogP contribution in [-0.2, 0) is 20.8 Å². The normalized spacial score (nSPS) is 34.8. The molecule has 0 spiro atoms. The van der Waals surface area contributed by atoms with Gasteiger partial charge in [0.25, 0.3) is 0 Å². The van der Waals surface area contributed by atoms with E-state index in [1.807, 2.05) is 44.2 Å². The Labute approximate surface area is 134 Å². The molecule has 0 radical (unpaired) electrons. The molecule has 1 aliphatic heterocycles. The van der Waals surface area contributed by atoms with E-state index >= 15 is 0 Å². The lowest BCUT2D eigenvalue weighted by molar-refractivity contribution is -0.188. The van der Waals surface area contributed by atoms with Gasteiger partial charge in [-0.25, -0.2) is 0 Å². The molecule has 0 unspecified atom stereocenters. The van der Waals surface area contributed by atoms with Crippen LogP contribution in [0.4, 0.5) is 0 Å². The molecule has 1 saturated heterocycles. The van der Waals surface area contributed by atoms with Gasteiger partial charge in [-0.15, -0.1) is 0 Å². The topological polar surface area (TPSA) is 96.7 Å². The summed E-state index contributed by atoms with van der Waals surface area (Å²) < 4.78 is 17.8. The van der Waals surface area contributed by atoms with Crippen LogP contribution in [0.5, 0.6) is 0 Å². The largest absolute Gasteiger partial charge is 0.392 e. The number of ether oxygens (including phenoxy) is 3. The molecule has 1 aromatic carbocycles. The third-order valence-electron chi connectivity index (χ3n) is 4.34. The predicted octanol–water partition coefficient (Wildman–Crippen LogP) is 2.54. The number of nitrogens with zero attached hydrogens (tertiary/aromatic N) is 3. The third kappa shape index (κ3) is 3.06. The molecule has 1 heterocycles. The van der Waals surface area contributed by atoms with E-state index in [0.717, 1.165) is 5.56 Å². The highest BCUT2D eigenvalue weighted by Crippen LogP contribution is 2.48. The van der Waals surface area contributed by atoms with Crippen LogP contribution in [0.3, 0.4) is 0 Å². The highest BCUT2D eigenvalue weighted by atomic mass is 16.8. The average Bonchev–Trinajstić information content (AvgIpc) is 2.88. The van der Waals surface area contributed by atoms with Crippen LogP contribution in [0.1, 0.15) is 25.8 Å². The molecule has 0 bridgehead atoms. The van der Waals surface area contributed by atoms with Crippen molar-refractivity contribution in [3.05, 3.63) is 46.3 Å². The molecule has 1 aromatic rings. The van der Waals surface area contributed by atoms with Gasteiger partial charge in [0.05, 0.1) is 31.5 Å². The predicted molar refractivity (Wildman–Crippen MR) is 82.4 cm³/mol. The van der Waals surface area contributed by atoms with Gasteiger partial charge in [-0.1, -0.05) is 35.4 Å². The van der Waals surface area contributed by atoms with E-state index in [-0.39, 0.29) is 12.7 Å². The summed E-state index contributed by atoms with van der Waals surface area (Å²) in [6.45, 7) is 4.22. The Morgan fingerprint density at radius 3 is 2.83 bits per heavy atom. The Bertz CT molecular complexity index is 603. The van der Waals surface area contributed by atoms with Gasteiger partial charge in [-0.05, 0) is 24.9 Å². The van der Waals surface area contributed by atoms with Gasteiger partial charge < -0.3 is 19.3 Å². The number of benzene rings is 1. The van der Waals surface area contributed by atoms with E-state index in [0.29, 0.717) is 13.0 Å². The highest BCUT2D eigenvalue weighted by Gasteiger charge is 2.64. The van der Waals surface area contributed by atoms with Crippen molar-refractivity contribution in [3.8, 4) is 0 Å². The zero-order valence-corrected chi connectivity index (χ0v) is 13.3. The second-order valence-electron chi connectivity index (χ2n) is 6.49. The lowest BCUT2D eigenvalue weighted by Crippen LogP contribution is -2.50. The Kier molecular flexibility index (Phi) is 4.31. The molecule has 7 nitrogen and oxygen atoms in total. The van der Waals surface area contributed by atoms with Crippen LogP contribution in [0.25, 0.3) is 10.4 Å². The van der Waals surface area contributed by atoms with Crippen molar-refractivity contribution in [1.29, 1.82) is 0 Å². The first-order chi connectivity index (χ1) is 11.0. The van der Waals surface area contributed by atoms with Crippen molar-refractivity contribution in [2.45, 2.75) is 56.5 Å². The molecular formula is C16H21N3O4. The van der Waals surface area contributed by atoms with Crippen LogP contribution >= 0.6 is 0 Å². The molecule has 124 valence electrons. The van der Waals surface area contributed by atoms with Gasteiger partial charge in [-0.2, -0.15) is 0 Å². The monoisotopic (exact) mass is 319 g/mol. The van der Waals surface area contributed by atoms with Crippen LogP contribution in [0.2, 0.25) is 0 Å². The van der Waals surface area contributed by atoms with E-state index in [9.17, 15) is 5.11 Å². The van der Waals surface area contributed by atoms with E-state index in [4.69, 9.17) is 19.7 Å². The number of azide groups is 1.